The van der Waals surface area contributed by atoms with Crippen LogP contribution in [-0.4, -0.2) is 6.54 Å². The highest BCUT2D eigenvalue weighted by Gasteiger charge is 2.21. The second-order valence-corrected chi connectivity index (χ2v) is 6.64. The summed E-state index contributed by atoms with van der Waals surface area (Å²) in [5.74, 6) is 0.883. The molecule has 0 saturated carbocycles. The fourth-order valence-electron chi connectivity index (χ4n) is 1.88. The van der Waals surface area contributed by atoms with E-state index in [0.717, 1.165) is 33.8 Å². The minimum atomic E-state index is 0.00919. The molecular formula is C14H14BrClINO. The molecule has 5 heteroatoms. The topological polar surface area (TPSA) is 25.2 Å². The second kappa shape index (κ2) is 7.11. The van der Waals surface area contributed by atoms with Crippen LogP contribution in [0.4, 0.5) is 0 Å². The minimum absolute atomic E-state index is 0.00919. The molecule has 1 N–H and O–H groups in total. The monoisotopic (exact) mass is 453 g/mol. The van der Waals surface area contributed by atoms with Crippen LogP contribution in [-0.2, 0) is 0 Å². The van der Waals surface area contributed by atoms with Crippen molar-refractivity contribution < 1.29 is 4.42 Å². The Bertz CT molecular complexity index is 558. The van der Waals surface area contributed by atoms with Crippen LogP contribution in [0.1, 0.15) is 30.7 Å². The predicted octanol–water partition coefficient (Wildman–Crippen LogP) is 5.39. The average molecular weight is 455 g/mol. The first-order valence-corrected chi connectivity index (χ1v) is 8.29. The molecule has 2 nitrogen and oxygen atoms in total. The Hall–Kier alpha value is -0.0400. The zero-order valence-corrected chi connectivity index (χ0v) is 14.9. The lowest BCUT2D eigenvalue weighted by Gasteiger charge is -2.19. The van der Waals surface area contributed by atoms with E-state index in [9.17, 15) is 0 Å². The normalized spacial score (nSPS) is 12.6. The van der Waals surface area contributed by atoms with Gasteiger partial charge >= 0.3 is 0 Å². The average Bonchev–Trinajstić information content (AvgIpc) is 2.80. The largest absolute Gasteiger partial charge is 0.466 e. The molecule has 1 aromatic carbocycles. The molecule has 19 heavy (non-hydrogen) atoms. The van der Waals surface area contributed by atoms with E-state index in [0.29, 0.717) is 0 Å². The molecule has 2 rings (SSSR count). The molecule has 0 saturated heterocycles. The second-order valence-electron chi connectivity index (χ2n) is 4.19. The van der Waals surface area contributed by atoms with Crippen molar-refractivity contribution in [2.24, 2.45) is 0 Å². The highest BCUT2D eigenvalue weighted by molar-refractivity contribution is 14.1. The summed E-state index contributed by atoms with van der Waals surface area (Å²) >= 11 is 12.0. The van der Waals surface area contributed by atoms with Crippen LogP contribution in [0.3, 0.4) is 0 Å². The lowest BCUT2D eigenvalue weighted by molar-refractivity contribution is 0.443. The fourth-order valence-corrected chi connectivity index (χ4v) is 3.14. The van der Waals surface area contributed by atoms with Crippen LogP contribution in [0, 0.1) is 3.57 Å². The van der Waals surface area contributed by atoms with Crippen LogP contribution in [0.2, 0.25) is 5.02 Å². The molecule has 0 fully saturated rings. The standard InChI is InChI=1S/C14H14BrClINO/c1-2-6-18-13(14-11(15)5-7-19-14)10-8-9(16)3-4-12(10)17/h3-5,7-8,13,18H,2,6H2,1H3. The zero-order chi connectivity index (χ0) is 13.8. The van der Waals surface area contributed by atoms with Gasteiger partial charge in [-0.2, -0.15) is 0 Å². The fraction of sp³-hybridized carbons (Fsp3) is 0.286. The third kappa shape index (κ3) is 3.74. The van der Waals surface area contributed by atoms with E-state index in [2.05, 4.69) is 50.8 Å². The first-order chi connectivity index (χ1) is 9.13. The van der Waals surface area contributed by atoms with Gasteiger partial charge in [-0.15, -0.1) is 0 Å². The smallest absolute Gasteiger partial charge is 0.139 e. The van der Waals surface area contributed by atoms with Crippen molar-refractivity contribution in [2.75, 3.05) is 6.54 Å². The molecule has 1 unspecified atom stereocenters. The van der Waals surface area contributed by atoms with Crippen LogP contribution in [0.5, 0.6) is 0 Å². The van der Waals surface area contributed by atoms with E-state index in [4.69, 9.17) is 16.0 Å². The molecule has 0 bridgehead atoms. The van der Waals surface area contributed by atoms with Crippen LogP contribution in [0.15, 0.2) is 39.4 Å². The highest BCUT2D eigenvalue weighted by Crippen LogP contribution is 2.33. The maximum atomic E-state index is 6.12. The highest BCUT2D eigenvalue weighted by atomic mass is 127. The molecular weight excluding hydrogens is 440 g/mol. The SMILES string of the molecule is CCCNC(c1cc(Cl)ccc1I)c1occc1Br. The van der Waals surface area contributed by atoms with Gasteiger partial charge in [0, 0.05) is 8.59 Å². The van der Waals surface area contributed by atoms with Gasteiger partial charge < -0.3 is 9.73 Å². The third-order valence-corrected chi connectivity index (χ3v) is 4.65. The molecule has 0 amide bonds. The van der Waals surface area contributed by atoms with E-state index in [1.807, 2.05) is 24.3 Å². The van der Waals surface area contributed by atoms with Gasteiger partial charge in [0.2, 0.25) is 0 Å². The van der Waals surface area contributed by atoms with Gasteiger partial charge in [0.25, 0.3) is 0 Å². The Balaban J connectivity index is 2.42. The molecule has 2 aromatic rings. The summed E-state index contributed by atoms with van der Waals surface area (Å²) in [5, 5.41) is 4.25. The summed E-state index contributed by atoms with van der Waals surface area (Å²) in [5.41, 5.74) is 1.14. The lowest BCUT2D eigenvalue weighted by Crippen LogP contribution is -2.24. The Morgan fingerprint density at radius 2 is 2.21 bits per heavy atom. The van der Waals surface area contributed by atoms with E-state index in [1.165, 1.54) is 3.57 Å². The van der Waals surface area contributed by atoms with Gasteiger partial charge in [0.15, 0.2) is 0 Å². The van der Waals surface area contributed by atoms with Crippen LogP contribution >= 0.6 is 50.1 Å². The first-order valence-electron chi connectivity index (χ1n) is 6.04. The number of benzene rings is 1. The Labute approximate surface area is 140 Å². The van der Waals surface area contributed by atoms with E-state index < -0.39 is 0 Å². The van der Waals surface area contributed by atoms with Gasteiger partial charge in [-0.3, -0.25) is 0 Å². The Kier molecular flexibility index (Phi) is 5.74. The number of hydrogen-bond donors (Lipinski definition) is 1. The van der Waals surface area contributed by atoms with Gasteiger partial charge in [-0.25, -0.2) is 0 Å². The molecule has 0 spiro atoms. The Morgan fingerprint density at radius 3 is 2.84 bits per heavy atom. The Morgan fingerprint density at radius 1 is 1.42 bits per heavy atom. The number of nitrogens with one attached hydrogen (secondary N) is 1. The molecule has 0 aliphatic heterocycles. The lowest BCUT2D eigenvalue weighted by atomic mass is 10.0. The number of rotatable bonds is 5. The third-order valence-electron chi connectivity index (χ3n) is 2.77. The molecule has 1 atom stereocenters. The van der Waals surface area contributed by atoms with Crippen LogP contribution in [0.25, 0.3) is 0 Å². The van der Waals surface area contributed by atoms with Gasteiger partial charge in [0.05, 0.1) is 16.8 Å². The van der Waals surface area contributed by atoms with Gasteiger partial charge in [0.1, 0.15) is 5.76 Å². The first kappa shape index (κ1) is 15.4. The van der Waals surface area contributed by atoms with E-state index in [1.54, 1.807) is 6.26 Å². The quantitative estimate of drug-likeness (QED) is 0.613. The molecule has 102 valence electrons. The van der Waals surface area contributed by atoms with Crippen LogP contribution < -0.4 is 5.32 Å². The molecule has 1 aromatic heterocycles. The summed E-state index contributed by atoms with van der Waals surface area (Å²) in [4.78, 5) is 0. The predicted molar refractivity (Wildman–Crippen MR) is 90.7 cm³/mol. The maximum Gasteiger partial charge on any atom is 0.139 e. The molecule has 0 radical (unpaired) electrons. The summed E-state index contributed by atoms with van der Waals surface area (Å²) in [6.45, 7) is 3.06. The van der Waals surface area contributed by atoms with Gasteiger partial charge in [-0.1, -0.05) is 18.5 Å². The summed E-state index contributed by atoms with van der Waals surface area (Å²) in [6, 6.07) is 7.84. The molecule has 0 aliphatic carbocycles. The van der Waals surface area contributed by atoms with Crippen molar-refractivity contribution in [1.82, 2.24) is 5.32 Å². The van der Waals surface area contributed by atoms with Crippen molar-refractivity contribution in [3.8, 4) is 0 Å². The summed E-state index contributed by atoms with van der Waals surface area (Å²) < 4.78 is 7.75. The maximum absolute atomic E-state index is 6.12. The van der Waals surface area contributed by atoms with E-state index in [-0.39, 0.29) is 6.04 Å². The van der Waals surface area contributed by atoms with Crippen molar-refractivity contribution in [3.05, 3.63) is 54.9 Å². The van der Waals surface area contributed by atoms with Crippen molar-refractivity contribution in [1.29, 1.82) is 0 Å². The van der Waals surface area contributed by atoms with Crippen molar-refractivity contribution >= 4 is 50.1 Å². The summed E-state index contributed by atoms with van der Waals surface area (Å²) in [7, 11) is 0. The minimum Gasteiger partial charge on any atom is -0.466 e. The number of halogens is 3. The van der Waals surface area contributed by atoms with Gasteiger partial charge in [-0.05, 0) is 81.3 Å². The number of hydrogen-bond acceptors (Lipinski definition) is 2. The van der Waals surface area contributed by atoms with E-state index >= 15 is 0 Å². The van der Waals surface area contributed by atoms with Crippen molar-refractivity contribution in [3.63, 3.8) is 0 Å². The molecule has 0 aliphatic rings. The summed E-state index contributed by atoms with van der Waals surface area (Å²) in [6.07, 6.45) is 2.75. The molecule has 1 heterocycles. The van der Waals surface area contributed by atoms with Crippen molar-refractivity contribution in [2.45, 2.75) is 19.4 Å². The number of furan rings is 1. The zero-order valence-electron chi connectivity index (χ0n) is 10.4.